The molecule has 72 valence electrons. The Hall–Kier alpha value is -1.06. The first-order valence-electron chi connectivity index (χ1n) is 4.76. The highest BCUT2D eigenvalue weighted by atomic mass is 16.5. The first kappa shape index (κ1) is 8.53. The van der Waals surface area contributed by atoms with Crippen molar-refractivity contribution in [3.05, 3.63) is 5.82 Å². The second-order valence-corrected chi connectivity index (χ2v) is 3.94. The Bertz CT molecular complexity index is 289. The van der Waals surface area contributed by atoms with E-state index in [4.69, 9.17) is 4.52 Å². The van der Waals surface area contributed by atoms with E-state index in [0.29, 0.717) is 6.01 Å². The van der Waals surface area contributed by atoms with Gasteiger partial charge in [0.05, 0.1) is 0 Å². The molecule has 4 nitrogen and oxygen atoms in total. The lowest BCUT2D eigenvalue weighted by atomic mass is 9.88. The zero-order valence-corrected chi connectivity index (χ0v) is 8.13. The van der Waals surface area contributed by atoms with Crippen LogP contribution in [0.15, 0.2) is 4.52 Å². The largest absolute Gasteiger partial charge is 0.341 e. The first-order valence-corrected chi connectivity index (χ1v) is 4.76. The number of anilines is 1. The summed E-state index contributed by atoms with van der Waals surface area (Å²) < 4.78 is 5.02. The summed E-state index contributed by atoms with van der Waals surface area (Å²) in [5.41, 5.74) is 0.151. The van der Waals surface area contributed by atoms with Gasteiger partial charge in [-0.2, -0.15) is 4.98 Å². The van der Waals surface area contributed by atoms with Gasteiger partial charge >= 0.3 is 6.01 Å². The lowest BCUT2D eigenvalue weighted by Crippen LogP contribution is -2.18. The molecule has 1 heterocycles. The molecule has 0 aromatic carbocycles. The zero-order valence-electron chi connectivity index (χ0n) is 8.13. The molecule has 2 rings (SSSR count). The predicted molar refractivity (Wildman–Crippen MR) is 49.7 cm³/mol. The van der Waals surface area contributed by atoms with E-state index in [1.807, 2.05) is 0 Å². The Balaban J connectivity index is 2.23. The Labute approximate surface area is 77.7 Å². The summed E-state index contributed by atoms with van der Waals surface area (Å²) in [4.78, 5) is 4.29. The van der Waals surface area contributed by atoms with Crippen molar-refractivity contribution >= 4 is 6.01 Å². The van der Waals surface area contributed by atoms with Gasteiger partial charge in [-0.25, -0.2) is 0 Å². The van der Waals surface area contributed by atoms with E-state index in [2.05, 4.69) is 22.4 Å². The third-order valence-electron chi connectivity index (χ3n) is 2.89. The smallest absolute Gasteiger partial charge is 0.321 e. The maximum atomic E-state index is 5.02. The van der Waals surface area contributed by atoms with Gasteiger partial charge in [-0.05, 0) is 12.8 Å². The fraction of sp³-hybridized carbons (Fsp3) is 0.778. The van der Waals surface area contributed by atoms with Gasteiger partial charge in [0.1, 0.15) is 0 Å². The van der Waals surface area contributed by atoms with E-state index in [1.54, 1.807) is 7.05 Å². The van der Waals surface area contributed by atoms with Crippen LogP contribution < -0.4 is 5.32 Å². The number of rotatable bonds is 2. The molecule has 0 spiro atoms. The molecule has 1 aromatic rings. The molecule has 1 fully saturated rings. The molecule has 1 aliphatic rings. The highest BCUT2D eigenvalue weighted by molar-refractivity contribution is 5.19. The molecule has 1 N–H and O–H groups in total. The normalized spacial score (nSPS) is 20.5. The maximum absolute atomic E-state index is 5.02. The van der Waals surface area contributed by atoms with Crippen LogP contribution in [-0.2, 0) is 5.41 Å². The van der Waals surface area contributed by atoms with Crippen LogP contribution in [0.1, 0.15) is 38.4 Å². The second-order valence-electron chi connectivity index (χ2n) is 3.94. The Kier molecular flexibility index (Phi) is 1.98. The zero-order chi connectivity index (χ0) is 9.31. The summed E-state index contributed by atoms with van der Waals surface area (Å²) in [7, 11) is 1.79. The minimum atomic E-state index is 0.151. The maximum Gasteiger partial charge on any atom is 0.321 e. The van der Waals surface area contributed by atoms with E-state index in [-0.39, 0.29) is 5.41 Å². The van der Waals surface area contributed by atoms with Crippen molar-refractivity contribution in [2.24, 2.45) is 0 Å². The summed E-state index contributed by atoms with van der Waals surface area (Å²) in [6, 6.07) is 0.517. The van der Waals surface area contributed by atoms with Crippen LogP contribution in [0.25, 0.3) is 0 Å². The summed E-state index contributed by atoms with van der Waals surface area (Å²) in [5.74, 6) is 0.856. The van der Waals surface area contributed by atoms with E-state index in [1.165, 1.54) is 25.7 Å². The van der Waals surface area contributed by atoms with E-state index in [0.717, 1.165) is 5.82 Å². The molecule has 1 aromatic heterocycles. The SMILES string of the molecule is CNc1nc(C2(C)CCCC2)no1. The minimum absolute atomic E-state index is 0.151. The molecule has 0 radical (unpaired) electrons. The van der Waals surface area contributed by atoms with Gasteiger partial charge in [-0.15, -0.1) is 0 Å². The van der Waals surface area contributed by atoms with Gasteiger partial charge in [0.25, 0.3) is 0 Å². The van der Waals surface area contributed by atoms with Gasteiger partial charge in [0.15, 0.2) is 5.82 Å². The van der Waals surface area contributed by atoms with Crippen molar-refractivity contribution in [3.8, 4) is 0 Å². The molecular formula is C9H15N3O. The van der Waals surface area contributed by atoms with Crippen molar-refractivity contribution in [2.75, 3.05) is 12.4 Å². The standard InChI is InChI=1S/C9H15N3O/c1-9(5-3-4-6-9)7-11-8(10-2)13-12-7/h3-6H2,1-2H3,(H,10,11,12). The topological polar surface area (TPSA) is 51.0 Å². The number of aromatic nitrogens is 2. The van der Waals surface area contributed by atoms with Gasteiger partial charge in [0.2, 0.25) is 0 Å². The molecule has 0 unspecified atom stereocenters. The van der Waals surface area contributed by atoms with Crippen molar-refractivity contribution < 1.29 is 4.52 Å². The Morgan fingerprint density at radius 3 is 2.62 bits per heavy atom. The molecular weight excluding hydrogens is 166 g/mol. The lowest BCUT2D eigenvalue weighted by Gasteiger charge is -2.17. The van der Waals surface area contributed by atoms with Gasteiger partial charge in [0, 0.05) is 12.5 Å². The average molecular weight is 181 g/mol. The van der Waals surface area contributed by atoms with Crippen LogP contribution in [0.4, 0.5) is 6.01 Å². The molecule has 4 heteroatoms. The Morgan fingerprint density at radius 2 is 2.08 bits per heavy atom. The fourth-order valence-electron chi connectivity index (χ4n) is 1.95. The van der Waals surface area contributed by atoms with Crippen LogP contribution in [0, 0.1) is 0 Å². The van der Waals surface area contributed by atoms with Crippen molar-refractivity contribution in [2.45, 2.75) is 38.0 Å². The van der Waals surface area contributed by atoms with Gasteiger partial charge < -0.3 is 9.84 Å². The summed E-state index contributed by atoms with van der Waals surface area (Å²) in [6.45, 7) is 2.21. The van der Waals surface area contributed by atoms with Gasteiger partial charge in [-0.1, -0.05) is 24.9 Å². The average Bonchev–Trinajstić information content (AvgIpc) is 2.72. The summed E-state index contributed by atoms with van der Waals surface area (Å²) in [6.07, 6.45) is 4.91. The number of nitrogens with zero attached hydrogens (tertiary/aromatic N) is 2. The third kappa shape index (κ3) is 1.41. The highest BCUT2D eigenvalue weighted by Gasteiger charge is 2.35. The summed E-state index contributed by atoms with van der Waals surface area (Å²) in [5, 5.41) is 6.84. The van der Waals surface area contributed by atoms with Crippen LogP contribution >= 0.6 is 0 Å². The van der Waals surface area contributed by atoms with E-state index < -0.39 is 0 Å². The van der Waals surface area contributed by atoms with Crippen molar-refractivity contribution in [3.63, 3.8) is 0 Å². The molecule has 0 amide bonds. The fourth-order valence-corrected chi connectivity index (χ4v) is 1.95. The van der Waals surface area contributed by atoms with E-state index in [9.17, 15) is 0 Å². The van der Waals surface area contributed by atoms with Crippen molar-refractivity contribution in [1.82, 2.24) is 10.1 Å². The molecule has 0 aliphatic heterocycles. The quantitative estimate of drug-likeness (QED) is 0.757. The molecule has 13 heavy (non-hydrogen) atoms. The lowest BCUT2D eigenvalue weighted by molar-refractivity contribution is 0.384. The molecule has 1 saturated carbocycles. The minimum Gasteiger partial charge on any atom is -0.341 e. The monoisotopic (exact) mass is 181 g/mol. The number of hydrogen-bond acceptors (Lipinski definition) is 4. The molecule has 0 bridgehead atoms. The molecule has 0 atom stereocenters. The van der Waals surface area contributed by atoms with E-state index >= 15 is 0 Å². The van der Waals surface area contributed by atoms with Crippen molar-refractivity contribution in [1.29, 1.82) is 0 Å². The van der Waals surface area contributed by atoms with Crippen LogP contribution in [-0.4, -0.2) is 17.2 Å². The Morgan fingerprint density at radius 1 is 1.38 bits per heavy atom. The first-order chi connectivity index (χ1) is 6.24. The third-order valence-corrected chi connectivity index (χ3v) is 2.89. The van der Waals surface area contributed by atoms with Crippen LogP contribution in [0.2, 0.25) is 0 Å². The van der Waals surface area contributed by atoms with Crippen LogP contribution in [0.5, 0.6) is 0 Å². The van der Waals surface area contributed by atoms with Crippen LogP contribution in [0.3, 0.4) is 0 Å². The summed E-state index contributed by atoms with van der Waals surface area (Å²) >= 11 is 0. The molecule has 0 saturated heterocycles. The van der Waals surface area contributed by atoms with Gasteiger partial charge in [-0.3, -0.25) is 0 Å². The number of hydrogen-bond donors (Lipinski definition) is 1. The predicted octanol–water partition coefficient (Wildman–Crippen LogP) is 1.94. The highest BCUT2D eigenvalue weighted by Crippen LogP contribution is 2.39. The number of nitrogens with one attached hydrogen (secondary N) is 1. The molecule has 1 aliphatic carbocycles. The second kappa shape index (κ2) is 3.01.